The molecule has 166 valence electrons. The number of nitrogens with one attached hydrogen (secondary N) is 1. The molecule has 0 aromatic heterocycles. The summed E-state index contributed by atoms with van der Waals surface area (Å²) in [6.45, 7) is 1.11. The molecule has 3 rings (SSSR count). The van der Waals surface area contributed by atoms with E-state index in [1.165, 1.54) is 24.3 Å². The van der Waals surface area contributed by atoms with Gasteiger partial charge in [-0.2, -0.15) is 0 Å². The molecule has 11 heteroatoms. The number of carbonyl (C=O) groups excluding carboxylic acids is 2. The van der Waals surface area contributed by atoms with Gasteiger partial charge < -0.3 is 15.0 Å². The van der Waals surface area contributed by atoms with Gasteiger partial charge in [0, 0.05) is 18.7 Å². The van der Waals surface area contributed by atoms with Crippen LogP contribution in [0.5, 0.6) is 0 Å². The first-order chi connectivity index (χ1) is 14.7. The van der Waals surface area contributed by atoms with Gasteiger partial charge in [0.25, 0.3) is 5.91 Å². The summed E-state index contributed by atoms with van der Waals surface area (Å²) in [4.78, 5) is 26.5. The molecule has 2 aromatic rings. The molecule has 1 heterocycles. The molecule has 0 radical (unpaired) electrons. The summed E-state index contributed by atoms with van der Waals surface area (Å²) in [6.07, 6.45) is 0.900. The van der Waals surface area contributed by atoms with Crippen LogP contribution in [0.2, 0.25) is 0 Å². The lowest BCUT2D eigenvalue weighted by Crippen LogP contribution is -2.40. The lowest BCUT2D eigenvalue weighted by molar-refractivity contribution is -0.114. The van der Waals surface area contributed by atoms with Crippen LogP contribution in [0.15, 0.2) is 42.5 Å². The molecule has 0 spiro atoms. The van der Waals surface area contributed by atoms with E-state index >= 15 is 0 Å². The van der Waals surface area contributed by atoms with Gasteiger partial charge in [0.1, 0.15) is 23.9 Å². The fraction of sp³-hybridized carbons (Fsp3) is 0.300. The molecule has 31 heavy (non-hydrogen) atoms. The minimum Gasteiger partial charge on any atom is -0.378 e. The minimum absolute atomic E-state index is 0.130. The van der Waals surface area contributed by atoms with Gasteiger partial charge in [-0.3, -0.25) is 13.9 Å². The van der Waals surface area contributed by atoms with Crippen molar-refractivity contribution in [2.45, 2.75) is 0 Å². The highest BCUT2D eigenvalue weighted by molar-refractivity contribution is 7.92. The third-order valence-electron chi connectivity index (χ3n) is 4.62. The molecule has 1 aliphatic rings. The molecule has 1 aliphatic heterocycles. The summed E-state index contributed by atoms with van der Waals surface area (Å²) in [7, 11) is -3.91. The van der Waals surface area contributed by atoms with E-state index in [9.17, 15) is 26.8 Å². The van der Waals surface area contributed by atoms with Gasteiger partial charge in [-0.15, -0.1) is 0 Å². The largest absolute Gasteiger partial charge is 0.378 e. The summed E-state index contributed by atoms with van der Waals surface area (Å²) >= 11 is 0. The van der Waals surface area contributed by atoms with E-state index in [1.54, 1.807) is 4.90 Å². The van der Waals surface area contributed by atoms with Gasteiger partial charge >= 0.3 is 0 Å². The van der Waals surface area contributed by atoms with Crippen LogP contribution >= 0.6 is 0 Å². The van der Waals surface area contributed by atoms with Crippen molar-refractivity contribution in [3.8, 4) is 0 Å². The average Bonchev–Trinajstić information content (AvgIpc) is 2.74. The van der Waals surface area contributed by atoms with E-state index in [1.807, 2.05) is 0 Å². The molecular formula is C20H21F2N3O5S. The van der Waals surface area contributed by atoms with Crippen molar-refractivity contribution in [2.75, 3.05) is 48.7 Å². The molecule has 0 bridgehead atoms. The van der Waals surface area contributed by atoms with Gasteiger partial charge in [-0.05, 0) is 36.4 Å². The Morgan fingerprint density at radius 2 is 1.65 bits per heavy atom. The molecule has 8 nitrogen and oxygen atoms in total. The normalized spacial score (nSPS) is 14.2. The zero-order valence-corrected chi connectivity index (χ0v) is 17.5. The van der Waals surface area contributed by atoms with Crippen LogP contribution in [0.25, 0.3) is 0 Å². The molecule has 1 N–H and O–H groups in total. The first-order valence-electron chi connectivity index (χ1n) is 9.35. The average molecular weight is 453 g/mol. The molecule has 0 atom stereocenters. The van der Waals surface area contributed by atoms with Crippen LogP contribution in [0, 0.1) is 11.6 Å². The first-order valence-corrected chi connectivity index (χ1v) is 11.2. The number of hydrogen-bond acceptors (Lipinski definition) is 5. The number of ether oxygens (including phenoxy) is 1. The van der Waals surface area contributed by atoms with Crippen molar-refractivity contribution in [3.05, 3.63) is 59.7 Å². The second-order valence-corrected chi connectivity index (χ2v) is 8.77. The van der Waals surface area contributed by atoms with Gasteiger partial charge in [0.2, 0.25) is 15.9 Å². The number of anilines is 2. The predicted octanol–water partition coefficient (Wildman–Crippen LogP) is 1.84. The summed E-state index contributed by atoms with van der Waals surface area (Å²) in [5.41, 5.74) is -0.172. The third kappa shape index (κ3) is 5.56. The van der Waals surface area contributed by atoms with E-state index in [-0.39, 0.29) is 11.6 Å². The van der Waals surface area contributed by atoms with Crippen LogP contribution in [0.1, 0.15) is 10.4 Å². The highest BCUT2D eigenvalue weighted by Gasteiger charge is 2.24. The molecule has 1 fully saturated rings. The molecule has 0 saturated carbocycles. The minimum atomic E-state index is -3.91. The maximum Gasteiger partial charge on any atom is 0.254 e. The Hall–Kier alpha value is -3.05. The first kappa shape index (κ1) is 22.6. The number of para-hydroxylation sites is 1. The van der Waals surface area contributed by atoms with Gasteiger partial charge in [0.05, 0.1) is 25.2 Å². The molecule has 0 unspecified atom stereocenters. The van der Waals surface area contributed by atoms with Crippen LogP contribution < -0.4 is 9.62 Å². The Labute approximate surface area is 178 Å². The Balaban J connectivity index is 1.76. The SMILES string of the molecule is CS(=O)(=O)N(CC(=O)Nc1c(F)cccc1F)c1ccc(C(=O)N2CCOCC2)cc1. The number of rotatable bonds is 6. The van der Waals surface area contributed by atoms with E-state index in [0.29, 0.717) is 31.9 Å². The summed E-state index contributed by atoms with van der Waals surface area (Å²) in [6, 6.07) is 8.79. The standard InChI is InChI=1S/C20H21F2N3O5S/c1-31(28,29)25(13-18(26)23-19-16(21)3-2-4-17(19)22)15-7-5-14(6-8-15)20(27)24-9-11-30-12-10-24/h2-8H,9-13H2,1H3,(H,23,26). The number of benzene rings is 2. The predicted molar refractivity (Wildman–Crippen MR) is 110 cm³/mol. The fourth-order valence-electron chi connectivity index (χ4n) is 3.05. The number of sulfonamides is 1. The highest BCUT2D eigenvalue weighted by Crippen LogP contribution is 2.21. The van der Waals surface area contributed by atoms with Crippen molar-refractivity contribution < 1.29 is 31.5 Å². The Morgan fingerprint density at radius 1 is 1.06 bits per heavy atom. The second kappa shape index (κ2) is 9.40. The molecular weight excluding hydrogens is 432 g/mol. The summed E-state index contributed by atoms with van der Waals surface area (Å²) in [5, 5.41) is 2.06. The summed E-state index contributed by atoms with van der Waals surface area (Å²) in [5.74, 6) is -3.10. The highest BCUT2D eigenvalue weighted by atomic mass is 32.2. The lowest BCUT2D eigenvalue weighted by Gasteiger charge is -2.27. The van der Waals surface area contributed by atoms with E-state index in [2.05, 4.69) is 5.32 Å². The number of nitrogens with zero attached hydrogens (tertiary/aromatic N) is 2. The number of hydrogen-bond donors (Lipinski definition) is 1. The van der Waals surface area contributed by atoms with Gasteiger partial charge in [-0.25, -0.2) is 17.2 Å². The summed E-state index contributed by atoms with van der Waals surface area (Å²) < 4.78 is 58.0. The zero-order chi connectivity index (χ0) is 22.6. The van der Waals surface area contributed by atoms with E-state index in [4.69, 9.17) is 4.74 Å². The maximum atomic E-state index is 13.7. The van der Waals surface area contributed by atoms with Crippen molar-refractivity contribution in [1.82, 2.24) is 4.90 Å². The Morgan fingerprint density at radius 3 is 2.19 bits per heavy atom. The quantitative estimate of drug-likeness (QED) is 0.720. The zero-order valence-electron chi connectivity index (χ0n) is 16.7. The lowest BCUT2D eigenvalue weighted by atomic mass is 10.1. The van der Waals surface area contributed by atoms with Crippen LogP contribution in [0.4, 0.5) is 20.2 Å². The van der Waals surface area contributed by atoms with Gasteiger partial charge in [0.15, 0.2) is 0 Å². The number of amides is 2. The van der Waals surface area contributed by atoms with Crippen LogP contribution in [-0.4, -0.2) is 64.2 Å². The van der Waals surface area contributed by atoms with E-state index in [0.717, 1.165) is 28.8 Å². The van der Waals surface area contributed by atoms with Crippen molar-refractivity contribution in [1.29, 1.82) is 0 Å². The Kier molecular flexibility index (Phi) is 6.86. The van der Waals surface area contributed by atoms with Crippen LogP contribution in [-0.2, 0) is 19.6 Å². The molecule has 1 saturated heterocycles. The smallest absolute Gasteiger partial charge is 0.254 e. The topological polar surface area (TPSA) is 96.0 Å². The maximum absolute atomic E-state index is 13.7. The number of morpholine rings is 1. The molecule has 0 aliphatic carbocycles. The monoisotopic (exact) mass is 453 g/mol. The number of carbonyl (C=O) groups is 2. The Bertz CT molecular complexity index is 1050. The number of halogens is 2. The van der Waals surface area contributed by atoms with Crippen molar-refractivity contribution in [3.63, 3.8) is 0 Å². The fourth-order valence-corrected chi connectivity index (χ4v) is 3.90. The van der Waals surface area contributed by atoms with Crippen molar-refractivity contribution in [2.24, 2.45) is 0 Å². The molecule has 2 aromatic carbocycles. The molecule has 2 amide bonds. The van der Waals surface area contributed by atoms with Gasteiger partial charge in [-0.1, -0.05) is 6.07 Å². The second-order valence-electron chi connectivity index (χ2n) is 6.87. The third-order valence-corrected chi connectivity index (χ3v) is 5.76. The van der Waals surface area contributed by atoms with Crippen LogP contribution in [0.3, 0.4) is 0 Å². The van der Waals surface area contributed by atoms with Crippen molar-refractivity contribution >= 4 is 33.2 Å². The van der Waals surface area contributed by atoms with E-state index < -0.39 is 39.8 Å².